The summed E-state index contributed by atoms with van der Waals surface area (Å²) < 4.78 is 38.3. The second kappa shape index (κ2) is 4.69. The Bertz CT molecular complexity index is 377. The molecule has 0 saturated carbocycles. The van der Waals surface area contributed by atoms with E-state index in [0.29, 0.717) is 0 Å². The van der Waals surface area contributed by atoms with Crippen molar-refractivity contribution in [3.8, 4) is 0 Å². The summed E-state index contributed by atoms with van der Waals surface area (Å²) in [7, 11) is 0. The van der Waals surface area contributed by atoms with Gasteiger partial charge in [-0.25, -0.2) is 0 Å². The normalized spacial score (nSPS) is 14.8. The molecule has 0 spiro atoms. The predicted molar refractivity (Wildman–Crippen MR) is 63.0 cm³/mol. The molecule has 0 aliphatic carbocycles. The van der Waals surface area contributed by atoms with Crippen LogP contribution in [-0.2, 0) is 5.41 Å². The molecule has 1 rings (SSSR count). The first kappa shape index (κ1) is 14.0. The van der Waals surface area contributed by atoms with Crippen LogP contribution in [0.4, 0.5) is 13.2 Å². The van der Waals surface area contributed by atoms with Crippen LogP contribution in [-0.4, -0.2) is 12.7 Å². The van der Waals surface area contributed by atoms with Gasteiger partial charge in [-0.15, -0.1) is 0 Å². The van der Waals surface area contributed by atoms with Crippen LogP contribution < -0.4 is 5.73 Å². The van der Waals surface area contributed by atoms with Gasteiger partial charge >= 0.3 is 6.18 Å². The number of benzene rings is 1. The molecule has 0 aromatic heterocycles. The first-order valence-electron chi connectivity index (χ1n) is 5.53. The molecule has 17 heavy (non-hydrogen) atoms. The highest BCUT2D eigenvalue weighted by molar-refractivity contribution is 5.31. The summed E-state index contributed by atoms with van der Waals surface area (Å²) in [5.74, 6) is -1.58. The molecule has 0 aliphatic rings. The molecule has 0 bridgehead atoms. The number of rotatable bonds is 2. The molecule has 1 unspecified atom stereocenters. The van der Waals surface area contributed by atoms with Crippen molar-refractivity contribution in [1.29, 1.82) is 0 Å². The molecule has 0 saturated heterocycles. The van der Waals surface area contributed by atoms with Gasteiger partial charge in [-0.1, -0.05) is 45.0 Å². The maximum Gasteiger partial charge on any atom is 0.396 e. The van der Waals surface area contributed by atoms with Crippen LogP contribution in [0.5, 0.6) is 0 Å². The van der Waals surface area contributed by atoms with Crippen molar-refractivity contribution in [1.82, 2.24) is 0 Å². The summed E-state index contributed by atoms with van der Waals surface area (Å²) >= 11 is 0. The maximum atomic E-state index is 12.8. The SMILES string of the molecule is CC(C)(C)c1cccc(C(CN)C(F)(F)F)c1. The number of hydrogen-bond acceptors (Lipinski definition) is 1. The fourth-order valence-corrected chi connectivity index (χ4v) is 1.68. The predicted octanol–water partition coefficient (Wildman–Crippen LogP) is 3.59. The Kier molecular flexibility index (Phi) is 3.87. The van der Waals surface area contributed by atoms with E-state index in [4.69, 9.17) is 5.73 Å². The molecule has 0 aliphatic heterocycles. The Morgan fingerprint density at radius 3 is 2.18 bits per heavy atom. The third kappa shape index (κ3) is 3.46. The first-order valence-corrected chi connectivity index (χ1v) is 5.53. The quantitative estimate of drug-likeness (QED) is 0.846. The van der Waals surface area contributed by atoms with Crippen molar-refractivity contribution in [2.24, 2.45) is 5.73 Å². The van der Waals surface area contributed by atoms with Gasteiger partial charge in [0.2, 0.25) is 0 Å². The Morgan fingerprint density at radius 1 is 1.18 bits per heavy atom. The maximum absolute atomic E-state index is 12.8. The van der Waals surface area contributed by atoms with Crippen LogP contribution >= 0.6 is 0 Å². The molecule has 0 fully saturated rings. The Hall–Kier alpha value is -1.03. The van der Waals surface area contributed by atoms with E-state index in [9.17, 15) is 13.2 Å². The zero-order valence-electron chi connectivity index (χ0n) is 10.3. The van der Waals surface area contributed by atoms with Gasteiger partial charge in [-0.2, -0.15) is 13.2 Å². The number of hydrogen-bond donors (Lipinski definition) is 1. The molecule has 0 amide bonds. The van der Waals surface area contributed by atoms with E-state index in [1.54, 1.807) is 12.1 Å². The molecule has 2 N–H and O–H groups in total. The summed E-state index contributed by atoms with van der Waals surface area (Å²) in [6.45, 7) is 5.49. The second-order valence-corrected chi connectivity index (χ2v) is 5.21. The van der Waals surface area contributed by atoms with Gasteiger partial charge in [0.1, 0.15) is 0 Å². The van der Waals surface area contributed by atoms with Crippen molar-refractivity contribution < 1.29 is 13.2 Å². The molecule has 1 aromatic carbocycles. The Morgan fingerprint density at radius 2 is 1.76 bits per heavy atom. The fraction of sp³-hybridized carbons (Fsp3) is 0.538. The lowest BCUT2D eigenvalue weighted by Gasteiger charge is -2.23. The van der Waals surface area contributed by atoms with E-state index in [2.05, 4.69) is 0 Å². The number of alkyl halides is 3. The van der Waals surface area contributed by atoms with Crippen LogP contribution in [0, 0.1) is 0 Å². The van der Waals surface area contributed by atoms with Gasteiger partial charge in [0, 0.05) is 6.54 Å². The lowest BCUT2D eigenvalue weighted by atomic mass is 9.84. The van der Waals surface area contributed by atoms with Crippen molar-refractivity contribution in [3.63, 3.8) is 0 Å². The van der Waals surface area contributed by atoms with Gasteiger partial charge in [0.05, 0.1) is 5.92 Å². The van der Waals surface area contributed by atoms with E-state index in [-0.39, 0.29) is 11.0 Å². The molecule has 4 heteroatoms. The smallest absolute Gasteiger partial charge is 0.330 e. The van der Waals surface area contributed by atoms with Crippen LogP contribution in [0.3, 0.4) is 0 Å². The van der Waals surface area contributed by atoms with Crippen molar-refractivity contribution in [2.75, 3.05) is 6.54 Å². The zero-order chi connectivity index (χ0) is 13.3. The molecular weight excluding hydrogens is 227 g/mol. The zero-order valence-corrected chi connectivity index (χ0v) is 10.3. The molecule has 96 valence electrons. The van der Waals surface area contributed by atoms with Crippen molar-refractivity contribution in [3.05, 3.63) is 35.4 Å². The third-order valence-corrected chi connectivity index (χ3v) is 2.79. The molecule has 1 aromatic rings. The topological polar surface area (TPSA) is 26.0 Å². The van der Waals surface area contributed by atoms with Gasteiger partial charge in [-0.3, -0.25) is 0 Å². The lowest BCUT2D eigenvalue weighted by Crippen LogP contribution is -2.28. The molecule has 1 nitrogen and oxygen atoms in total. The summed E-state index contributed by atoms with van der Waals surface area (Å²) in [4.78, 5) is 0. The molecule has 0 heterocycles. The summed E-state index contributed by atoms with van der Waals surface area (Å²) in [5, 5.41) is 0. The third-order valence-electron chi connectivity index (χ3n) is 2.79. The molecule has 1 atom stereocenters. The van der Waals surface area contributed by atoms with Gasteiger partial charge < -0.3 is 5.73 Å². The lowest BCUT2D eigenvalue weighted by molar-refractivity contribution is -0.148. The number of nitrogens with two attached hydrogens (primary N) is 1. The molecular formula is C13H18F3N. The highest BCUT2D eigenvalue weighted by atomic mass is 19.4. The van der Waals surface area contributed by atoms with Crippen molar-refractivity contribution in [2.45, 2.75) is 38.3 Å². The standard InChI is InChI=1S/C13H18F3N/c1-12(2,3)10-6-4-5-9(7-10)11(8-17)13(14,15)16/h4-7,11H,8,17H2,1-3H3. The van der Waals surface area contributed by atoms with Crippen LogP contribution in [0.15, 0.2) is 24.3 Å². The highest BCUT2D eigenvalue weighted by Gasteiger charge is 2.39. The second-order valence-electron chi connectivity index (χ2n) is 5.21. The Balaban J connectivity index is 3.15. The summed E-state index contributed by atoms with van der Waals surface area (Å²) in [6.07, 6.45) is -4.29. The highest BCUT2D eigenvalue weighted by Crippen LogP contribution is 2.35. The van der Waals surface area contributed by atoms with E-state index < -0.39 is 18.6 Å². The van der Waals surface area contributed by atoms with E-state index in [1.165, 1.54) is 6.07 Å². The monoisotopic (exact) mass is 245 g/mol. The summed E-state index contributed by atoms with van der Waals surface area (Å²) in [5.41, 5.74) is 6.19. The van der Waals surface area contributed by atoms with Crippen molar-refractivity contribution >= 4 is 0 Å². The summed E-state index contributed by atoms with van der Waals surface area (Å²) in [6, 6.07) is 6.59. The van der Waals surface area contributed by atoms with E-state index in [0.717, 1.165) is 5.56 Å². The largest absolute Gasteiger partial charge is 0.396 e. The van der Waals surface area contributed by atoms with Gasteiger partial charge in [0.15, 0.2) is 0 Å². The number of halogens is 3. The fourth-order valence-electron chi connectivity index (χ4n) is 1.68. The minimum atomic E-state index is -4.29. The minimum absolute atomic E-state index is 0.166. The minimum Gasteiger partial charge on any atom is -0.330 e. The van der Waals surface area contributed by atoms with Crippen LogP contribution in [0.2, 0.25) is 0 Å². The Labute approximate surface area is 99.8 Å². The van der Waals surface area contributed by atoms with Crippen LogP contribution in [0.25, 0.3) is 0 Å². The van der Waals surface area contributed by atoms with Crippen LogP contribution in [0.1, 0.15) is 37.8 Å². The first-order chi connectivity index (χ1) is 7.66. The van der Waals surface area contributed by atoms with E-state index >= 15 is 0 Å². The average molecular weight is 245 g/mol. The molecule has 0 radical (unpaired) electrons. The van der Waals surface area contributed by atoms with Gasteiger partial charge in [0.25, 0.3) is 0 Å². The average Bonchev–Trinajstić information content (AvgIpc) is 2.15. The van der Waals surface area contributed by atoms with Gasteiger partial charge in [-0.05, 0) is 16.5 Å². The van der Waals surface area contributed by atoms with E-state index in [1.807, 2.05) is 26.8 Å².